The van der Waals surface area contributed by atoms with Crippen molar-refractivity contribution in [3.8, 4) is 0 Å². The molecule has 0 aliphatic carbocycles. The molecule has 0 heterocycles. The molecule has 0 fully saturated rings. The van der Waals surface area contributed by atoms with Crippen LogP contribution in [0.25, 0.3) is 0 Å². The second-order valence-electron chi connectivity index (χ2n) is 4.09. The Morgan fingerprint density at radius 3 is 2.47 bits per heavy atom. The van der Waals surface area contributed by atoms with E-state index in [-0.39, 0.29) is 12.5 Å². The Kier molecular flexibility index (Phi) is 4.97. The first-order valence-electron chi connectivity index (χ1n) is 5.77. The highest BCUT2D eigenvalue weighted by molar-refractivity contribution is 6.33. The van der Waals surface area contributed by atoms with E-state index in [2.05, 4.69) is 5.32 Å². The molecule has 1 rings (SSSR count). The van der Waals surface area contributed by atoms with Gasteiger partial charge in [0.05, 0.1) is 16.2 Å². The first-order chi connectivity index (χ1) is 8.02. The van der Waals surface area contributed by atoms with Crippen LogP contribution in [0.3, 0.4) is 0 Å². The van der Waals surface area contributed by atoms with Gasteiger partial charge in [0, 0.05) is 6.54 Å². The van der Waals surface area contributed by atoms with E-state index in [9.17, 15) is 9.90 Å². The van der Waals surface area contributed by atoms with Gasteiger partial charge in [0.1, 0.15) is 0 Å². The Hall–Kier alpha value is -1.06. The van der Waals surface area contributed by atoms with E-state index >= 15 is 0 Å². The lowest BCUT2D eigenvalue weighted by atomic mass is 9.97. The van der Waals surface area contributed by atoms with Crippen LogP contribution in [0.1, 0.15) is 37.0 Å². The van der Waals surface area contributed by atoms with Crippen LogP contribution in [0.15, 0.2) is 24.3 Å². The third-order valence-electron chi connectivity index (χ3n) is 3.01. The summed E-state index contributed by atoms with van der Waals surface area (Å²) in [6.07, 6.45) is 1.21. The Balaban J connectivity index is 2.65. The lowest BCUT2D eigenvalue weighted by molar-refractivity contribution is 0.0314. The number of halogens is 1. The molecule has 1 aromatic carbocycles. The van der Waals surface area contributed by atoms with Crippen molar-refractivity contribution in [2.45, 2.75) is 32.3 Å². The van der Waals surface area contributed by atoms with Gasteiger partial charge in [-0.2, -0.15) is 0 Å². The number of aliphatic hydroxyl groups is 1. The molecule has 3 nitrogen and oxygen atoms in total. The molecule has 0 aromatic heterocycles. The van der Waals surface area contributed by atoms with Crippen molar-refractivity contribution in [2.75, 3.05) is 6.54 Å². The van der Waals surface area contributed by atoms with Crippen LogP contribution in [0.4, 0.5) is 0 Å². The van der Waals surface area contributed by atoms with Crippen molar-refractivity contribution in [2.24, 2.45) is 0 Å². The predicted molar refractivity (Wildman–Crippen MR) is 69.3 cm³/mol. The fourth-order valence-corrected chi connectivity index (χ4v) is 1.71. The van der Waals surface area contributed by atoms with Gasteiger partial charge in [0.15, 0.2) is 0 Å². The molecule has 1 amide bonds. The number of hydrogen-bond acceptors (Lipinski definition) is 2. The number of nitrogens with one attached hydrogen (secondary N) is 1. The minimum Gasteiger partial charge on any atom is -0.388 e. The summed E-state index contributed by atoms with van der Waals surface area (Å²) < 4.78 is 0. The number of benzene rings is 1. The maximum Gasteiger partial charge on any atom is 0.252 e. The first-order valence-corrected chi connectivity index (χ1v) is 6.15. The molecule has 0 saturated heterocycles. The van der Waals surface area contributed by atoms with Crippen LogP contribution in [0.5, 0.6) is 0 Å². The maximum atomic E-state index is 11.8. The van der Waals surface area contributed by atoms with Gasteiger partial charge >= 0.3 is 0 Å². The summed E-state index contributed by atoms with van der Waals surface area (Å²) in [6, 6.07) is 6.86. The van der Waals surface area contributed by atoms with Gasteiger partial charge in [-0.3, -0.25) is 4.79 Å². The second-order valence-corrected chi connectivity index (χ2v) is 4.50. The minimum absolute atomic E-state index is 0.240. The Bertz CT molecular complexity index is 389. The molecule has 1 aromatic rings. The smallest absolute Gasteiger partial charge is 0.252 e. The quantitative estimate of drug-likeness (QED) is 0.850. The molecule has 0 aliphatic heterocycles. The van der Waals surface area contributed by atoms with Crippen LogP contribution in [-0.2, 0) is 0 Å². The van der Waals surface area contributed by atoms with Crippen LogP contribution >= 0.6 is 11.6 Å². The maximum absolute atomic E-state index is 11.8. The highest BCUT2D eigenvalue weighted by atomic mass is 35.5. The fraction of sp³-hybridized carbons (Fsp3) is 0.462. The molecular formula is C13H18ClNO2. The third-order valence-corrected chi connectivity index (χ3v) is 3.34. The molecule has 4 heteroatoms. The zero-order valence-electron chi connectivity index (χ0n) is 10.2. The molecule has 0 spiro atoms. The molecule has 0 unspecified atom stereocenters. The molecular weight excluding hydrogens is 238 g/mol. The average Bonchev–Trinajstić information content (AvgIpc) is 2.36. The molecule has 17 heavy (non-hydrogen) atoms. The molecule has 94 valence electrons. The fourth-order valence-electron chi connectivity index (χ4n) is 1.49. The van der Waals surface area contributed by atoms with E-state index in [1.807, 2.05) is 13.8 Å². The van der Waals surface area contributed by atoms with Gasteiger partial charge in [-0.1, -0.05) is 37.6 Å². The molecule has 0 aliphatic rings. The van der Waals surface area contributed by atoms with Crippen molar-refractivity contribution in [3.63, 3.8) is 0 Å². The van der Waals surface area contributed by atoms with Gasteiger partial charge < -0.3 is 10.4 Å². The van der Waals surface area contributed by atoms with Crippen molar-refractivity contribution in [1.29, 1.82) is 0 Å². The zero-order valence-corrected chi connectivity index (χ0v) is 10.9. The standard InChI is InChI=1S/C13H18ClNO2/c1-3-13(17,4-2)9-15-12(16)10-7-5-6-8-11(10)14/h5-8,17H,3-4,9H2,1-2H3,(H,15,16). The van der Waals surface area contributed by atoms with Crippen LogP contribution in [0, 0.1) is 0 Å². The molecule has 0 bridgehead atoms. The van der Waals surface area contributed by atoms with Crippen molar-refractivity contribution in [3.05, 3.63) is 34.9 Å². The van der Waals surface area contributed by atoms with E-state index in [1.165, 1.54) is 0 Å². The second kappa shape index (κ2) is 6.03. The summed E-state index contributed by atoms with van der Waals surface area (Å²) in [5.74, 6) is -0.254. The number of carbonyl (C=O) groups is 1. The summed E-state index contributed by atoms with van der Waals surface area (Å²) in [5.41, 5.74) is -0.402. The van der Waals surface area contributed by atoms with Gasteiger partial charge in [-0.05, 0) is 25.0 Å². The largest absolute Gasteiger partial charge is 0.388 e. The Labute approximate surface area is 107 Å². The monoisotopic (exact) mass is 255 g/mol. The average molecular weight is 256 g/mol. The Morgan fingerprint density at radius 1 is 1.35 bits per heavy atom. The lowest BCUT2D eigenvalue weighted by Gasteiger charge is -2.25. The predicted octanol–water partition coefficient (Wildman–Crippen LogP) is 2.62. The summed E-state index contributed by atoms with van der Waals surface area (Å²) in [5, 5.41) is 13.2. The topological polar surface area (TPSA) is 49.3 Å². The van der Waals surface area contributed by atoms with Crippen molar-refractivity contribution >= 4 is 17.5 Å². The van der Waals surface area contributed by atoms with Crippen molar-refractivity contribution < 1.29 is 9.90 Å². The number of hydrogen-bond donors (Lipinski definition) is 2. The molecule has 0 radical (unpaired) electrons. The minimum atomic E-state index is -0.836. The SMILES string of the molecule is CCC(O)(CC)CNC(=O)c1ccccc1Cl. The normalized spacial score (nSPS) is 11.3. The summed E-state index contributed by atoms with van der Waals surface area (Å²) in [6.45, 7) is 4.03. The first kappa shape index (κ1) is 14.0. The van der Waals surface area contributed by atoms with E-state index in [0.717, 1.165) is 0 Å². The number of amides is 1. The van der Waals surface area contributed by atoms with E-state index in [1.54, 1.807) is 24.3 Å². The zero-order chi connectivity index (χ0) is 12.9. The third kappa shape index (κ3) is 3.72. The summed E-state index contributed by atoms with van der Waals surface area (Å²) in [7, 11) is 0. The molecule has 0 atom stereocenters. The van der Waals surface area contributed by atoms with E-state index in [4.69, 9.17) is 11.6 Å². The number of carbonyl (C=O) groups excluding carboxylic acids is 1. The highest BCUT2D eigenvalue weighted by Crippen LogP contribution is 2.16. The summed E-state index contributed by atoms with van der Waals surface area (Å²) >= 11 is 5.91. The summed E-state index contributed by atoms with van der Waals surface area (Å²) in [4.78, 5) is 11.8. The molecule has 0 saturated carbocycles. The highest BCUT2D eigenvalue weighted by Gasteiger charge is 2.23. The van der Waals surface area contributed by atoms with E-state index in [0.29, 0.717) is 23.4 Å². The lowest BCUT2D eigenvalue weighted by Crippen LogP contribution is -2.42. The van der Waals surface area contributed by atoms with Crippen LogP contribution in [-0.4, -0.2) is 23.2 Å². The van der Waals surface area contributed by atoms with Gasteiger partial charge in [0.25, 0.3) is 5.91 Å². The van der Waals surface area contributed by atoms with Gasteiger partial charge in [-0.15, -0.1) is 0 Å². The van der Waals surface area contributed by atoms with Crippen LogP contribution in [0.2, 0.25) is 5.02 Å². The van der Waals surface area contributed by atoms with Gasteiger partial charge in [0.2, 0.25) is 0 Å². The molecule has 2 N–H and O–H groups in total. The Morgan fingerprint density at radius 2 is 1.94 bits per heavy atom. The van der Waals surface area contributed by atoms with Crippen molar-refractivity contribution in [1.82, 2.24) is 5.32 Å². The number of rotatable bonds is 5. The van der Waals surface area contributed by atoms with Gasteiger partial charge in [-0.25, -0.2) is 0 Å². The van der Waals surface area contributed by atoms with E-state index < -0.39 is 5.60 Å². The van der Waals surface area contributed by atoms with Crippen LogP contribution < -0.4 is 5.32 Å².